The van der Waals surface area contributed by atoms with E-state index < -0.39 is 44.6 Å². The van der Waals surface area contributed by atoms with E-state index in [9.17, 15) is 30.8 Å². The van der Waals surface area contributed by atoms with E-state index in [1.807, 2.05) is 0 Å². The maximum Gasteiger partial charge on any atom is 0.419 e. The maximum atomic E-state index is 13.3. The van der Waals surface area contributed by atoms with Crippen LogP contribution in [0.1, 0.15) is 25.0 Å². The van der Waals surface area contributed by atoms with Crippen molar-refractivity contribution in [2.75, 3.05) is 0 Å². The fourth-order valence-corrected chi connectivity index (χ4v) is 3.85. The number of alkyl halides is 3. The first kappa shape index (κ1) is 22.2. The van der Waals surface area contributed by atoms with Gasteiger partial charge < -0.3 is 5.32 Å². The SMILES string of the molecule is CC(C)(C(=O)NCc1ccc(F)c(C(F)(F)F)c1)S(=O)(=O)c1ccc(Cl)cc1. The minimum Gasteiger partial charge on any atom is -0.351 e. The second-order valence-corrected chi connectivity index (χ2v) is 9.40. The summed E-state index contributed by atoms with van der Waals surface area (Å²) in [4.78, 5) is 12.3. The third-order valence-electron chi connectivity index (χ3n) is 4.13. The Morgan fingerprint density at radius 3 is 2.18 bits per heavy atom. The molecule has 2 aromatic carbocycles. The lowest BCUT2D eigenvalue weighted by Gasteiger charge is -2.24. The number of nitrogens with one attached hydrogen (secondary N) is 1. The Morgan fingerprint density at radius 1 is 1.07 bits per heavy atom. The molecule has 0 bridgehead atoms. The van der Waals surface area contributed by atoms with Crippen molar-refractivity contribution in [3.8, 4) is 0 Å². The molecule has 28 heavy (non-hydrogen) atoms. The van der Waals surface area contributed by atoms with Crippen LogP contribution >= 0.6 is 11.6 Å². The molecule has 0 spiro atoms. The second kappa shape index (κ2) is 7.71. The van der Waals surface area contributed by atoms with Gasteiger partial charge in [0.15, 0.2) is 9.84 Å². The van der Waals surface area contributed by atoms with Gasteiger partial charge in [0.2, 0.25) is 5.91 Å². The van der Waals surface area contributed by atoms with Gasteiger partial charge in [-0.3, -0.25) is 4.79 Å². The number of hydrogen-bond acceptors (Lipinski definition) is 3. The minimum atomic E-state index is -4.89. The molecule has 0 aromatic heterocycles. The molecule has 0 aliphatic carbocycles. The van der Waals surface area contributed by atoms with E-state index in [1.165, 1.54) is 38.1 Å². The van der Waals surface area contributed by atoms with Gasteiger partial charge in [-0.25, -0.2) is 12.8 Å². The summed E-state index contributed by atoms with van der Waals surface area (Å²) in [7, 11) is -4.11. The lowest BCUT2D eigenvalue weighted by Crippen LogP contribution is -2.47. The Bertz CT molecular complexity index is 987. The number of carbonyl (C=O) groups is 1. The van der Waals surface area contributed by atoms with E-state index in [4.69, 9.17) is 11.6 Å². The van der Waals surface area contributed by atoms with Crippen molar-refractivity contribution in [3.63, 3.8) is 0 Å². The van der Waals surface area contributed by atoms with Crippen LogP contribution in [-0.2, 0) is 27.4 Å². The highest BCUT2D eigenvalue weighted by atomic mass is 35.5. The van der Waals surface area contributed by atoms with E-state index in [0.29, 0.717) is 17.2 Å². The second-order valence-electron chi connectivity index (χ2n) is 6.46. The zero-order valence-corrected chi connectivity index (χ0v) is 16.3. The number of sulfone groups is 1. The lowest BCUT2D eigenvalue weighted by molar-refractivity contribution is -0.140. The van der Waals surface area contributed by atoms with Crippen molar-refractivity contribution < 1.29 is 30.8 Å². The van der Waals surface area contributed by atoms with Gasteiger partial charge in [-0.2, -0.15) is 13.2 Å². The van der Waals surface area contributed by atoms with Crippen LogP contribution in [0.5, 0.6) is 0 Å². The first-order valence-corrected chi connectivity index (χ1v) is 9.77. The molecule has 0 aliphatic rings. The fourth-order valence-electron chi connectivity index (χ4n) is 2.33. The molecule has 0 saturated heterocycles. The number of halogens is 5. The lowest BCUT2D eigenvalue weighted by atomic mass is 10.1. The molecule has 1 amide bonds. The number of benzene rings is 2. The summed E-state index contributed by atoms with van der Waals surface area (Å²) < 4.78 is 75.2. The largest absolute Gasteiger partial charge is 0.419 e. The van der Waals surface area contributed by atoms with Gasteiger partial charge in [0.05, 0.1) is 10.5 Å². The van der Waals surface area contributed by atoms with Crippen molar-refractivity contribution in [3.05, 3.63) is 64.4 Å². The maximum absolute atomic E-state index is 13.3. The number of carbonyl (C=O) groups excluding carboxylic acids is 1. The molecule has 0 saturated carbocycles. The molecule has 152 valence electrons. The van der Waals surface area contributed by atoms with Crippen LogP contribution in [-0.4, -0.2) is 19.1 Å². The molecular formula is C18H16ClF4NO3S. The highest BCUT2D eigenvalue weighted by molar-refractivity contribution is 7.93. The van der Waals surface area contributed by atoms with Gasteiger partial charge in [-0.05, 0) is 55.8 Å². The van der Waals surface area contributed by atoms with Crippen LogP contribution in [0.4, 0.5) is 17.6 Å². The van der Waals surface area contributed by atoms with Crippen LogP contribution in [0.25, 0.3) is 0 Å². The Morgan fingerprint density at radius 2 is 1.64 bits per heavy atom. The summed E-state index contributed by atoms with van der Waals surface area (Å²) in [6.45, 7) is 1.96. The fraction of sp³-hybridized carbons (Fsp3) is 0.278. The van der Waals surface area contributed by atoms with Gasteiger partial charge in [0, 0.05) is 11.6 Å². The van der Waals surface area contributed by atoms with Crippen molar-refractivity contribution in [2.45, 2.75) is 36.2 Å². The zero-order chi connectivity index (χ0) is 21.3. The van der Waals surface area contributed by atoms with E-state index in [-0.39, 0.29) is 10.5 Å². The molecule has 0 radical (unpaired) electrons. The Balaban J connectivity index is 2.21. The predicted molar refractivity (Wildman–Crippen MR) is 96.0 cm³/mol. The minimum absolute atomic E-state index is 0.0261. The molecule has 2 aromatic rings. The molecule has 0 unspecified atom stereocenters. The van der Waals surface area contributed by atoms with E-state index >= 15 is 0 Å². The van der Waals surface area contributed by atoms with E-state index in [0.717, 1.165) is 6.07 Å². The topological polar surface area (TPSA) is 63.2 Å². The van der Waals surface area contributed by atoms with Gasteiger partial charge >= 0.3 is 6.18 Å². The van der Waals surface area contributed by atoms with Crippen LogP contribution in [0, 0.1) is 5.82 Å². The molecular weight excluding hydrogens is 422 g/mol. The summed E-state index contributed by atoms with van der Waals surface area (Å²) in [5.74, 6) is -2.35. The average molecular weight is 438 g/mol. The van der Waals surface area contributed by atoms with Gasteiger partial charge in [-0.1, -0.05) is 17.7 Å². The van der Waals surface area contributed by atoms with Crippen molar-refractivity contribution >= 4 is 27.3 Å². The third-order valence-corrected chi connectivity index (χ3v) is 6.81. The van der Waals surface area contributed by atoms with Crippen LogP contribution < -0.4 is 5.32 Å². The standard InChI is InChI=1S/C18H16ClF4NO3S/c1-17(2,28(26,27)13-6-4-12(19)5-7-13)16(25)24-10-11-3-8-15(20)14(9-11)18(21,22)23/h3-9H,10H2,1-2H3,(H,24,25). The van der Waals surface area contributed by atoms with Crippen molar-refractivity contribution in [1.29, 1.82) is 0 Å². The van der Waals surface area contributed by atoms with Crippen LogP contribution in [0.3, 0.4) is 0 Å². The van der Waals surface area contributed by atoms with Crippen LogP contribution in [0.15, 0.2) is 47.4 Å². The molecule has 0 heterocycles. The van der Waals surface area contributed by atoms with Gasteiger partial charge in [-0.15, -0.1) is 0 Å². The first-order chi connectivity index (χ1) is 12.8. The Hall–Kier alpha value is -2.13. The third kappa shape index (κ3) is 4.47. The normalized spacial score (nSPS) is 12.7. The van der Waals surface area contributed by atoms with Crippen molar-refractivity contribution in [1.82, 2.24) is 5.32 Å². The summed E-state index contributed by atoms with van der Waals surface area (Å²) >= 11 is 5.73. The van der Waals surface area contributed by atoms with Gasteiger partial charge in [0.1, 0.15) is 10.6 Å². The molecule has 0 atom stereocenters. The molecule has 4 nitrogen and oxygen atoms in total. The summed E-state index contributed by atoms with van der Waals surface area (Å²) in [6, 6.07) is 7.51. The summed E-state index contributed by atoms with van der Waals surface area (Å²) in [6.07, 6.45) is -4.89. The van der Waals surface area contributed by atoms with Gasteiger partial charge in [0.25, 0.3) is 0 Å². The molecule has 10 heteroatoms. The van der Waals surface area contributed by atoms with E-state index in [2.05, 4.69) is 5.32 Å². The molecule has 2 rings (SSSR count). The Kier molecular flexibility index (Phi) is 6.10. The van der Waals surface area contributed by atoms with E-state index in [1.54, 1.807) is 0 Å². The van der Waals surface area contributed by atoms with Crippen LogP contribution in [0.2, 0.25) is 5.02 Å². The summed E-state index contributed by atoms with van der Waals surface area (Å²) in [5.41, 5.74) is -1.49. The zero-order valence-electron chi connectivity index (χ0n) is 14.8. The highest BCUT2D eigenvalue weighted by Crippen LogP contribution is 2.32. The Labute approximate surface area is 164 Å². The smallest absolute Gasteiger partial charge is 0.351 e. The number of rotatable bonds is 5. The van der Waals surface area contributed by atoms with Crippen molar-refractivity contribution in [2.24, 2.45) is 0 Å². The molecule has 1 N–H and O–H groups in total. The molecule has 0 aliphatic heterocycles. The number of amides is 1. The predicted octanol–water partition coefficient (Wildman–Crippen LogP) is 4.37. The molecule has 0 fully saturated rings. The quantitative estimate of drug-likeness (QED) is 0.707. The first-order valence-electron chi connectivity index (χ1n) is 7.91. The number of hydrogen-bond donors (Lipinski definition) is 1. The average Bonchev–Trinajstić information content (AvgIpc) is 2.59. The summed E-state index contributed by atoms with van der Waals surface area (Å²) in [5, 5.41) is 2.61. The monoisotopic (exact) mass is 437 g/mol. The highest BCUT2D eigenvalue weighted by Gasteiger charge is 2.42.